The van der Waals surface area contributed by atoms with E-state index in [1.54, 1.807) is 6.20 Å². The van der Waals surface area contributed by atoms with Crippen molar-refractivity contribution in [3.8, 4) is 0 Å². The molecule has 0 bridgehead atoms. The number of benzene rings is 1. The van der Waals surface area contributed by atoms with Crippen LogP contribution in [0.2, 0.25) is 0 Å². The molecule has 1 saturated carbocycles. The average molecular weight is 418 g/mol. The molecule has 0 amide bonds. The molecule has 1 aromatic carbocycles. The summed E-state index contributed by atoms with van der Waals surface area (Å²) in [6.45, 7) is 0.169. The van der Waals surface area contributed by atoms with Crippen LogP contribution < -0.4 is 10.6 Å². The van der Waals surface area contributed by atoms with Gasteiger partial charge >= 0.3 is 0 Å². The molecule has 3 aromatic heterocycles. The van der Waals surface area contributed by atoms with E-state index in [2.05, 4.69) is 41.0 Å². The molecule has 5 rings (SSSR count). The summed E-state index contributed by atoms with van der Waals surface area (Å²) in [4.78, 5) is 7.91. The Morgan fingerprint density at radius 2 is 1.97 bits per heavy atom. The van der Waals surface area contributed by atoms with Crippen LogP contribution in [0.3, 0.4) is 0 Å². The Hall–Kier alpha value is -3.70. The molecule has 0 spiro atoms. The summed E-state index contributed by atoms with van der Waals surface area (Å²) in [5.74, 6) is -4.75. The van der Waals surface area contributed by atoms with E-state index in [1.165, 1.54) is 18.2 Å². The van der Waals surface area contributed by atoms with Crippen molar-refractivity contribution in [3.05, 3.63) is 53.5 Å². The van der Waals surface area contributed by atoms with Gasteiger partial charge < -0.3 is 10.6 Å². The Kier molecular flexibility index (Phi) is 4.08. The molecule has 8 nitrogen and oxygen atoms in total. The van der Waals surface area contributed by atoms with Gasteiger partial charge in [-0.3, -0.25) is 10.2 Å². The van der Waals surface area contributed by atoms with E-state index in [9.17, 15) is 17.6 Å². The van der Waals surface area contributed by atoms with Crippen LogP contribution in [-0.4, -0.2) is 36.3 Å². The number of rotatable bonds is 6. The smallest absolute Gasteiger partial charge is 0.257 e. The lowest BCUT2D eigenvalue weighted by Gasteiger charge is -2.09. The minimum atomic E-state index is -2.74. The number of nitrogens with zero attached hydrogens (tertiary/aromatic N) is 4. The third kappa shape index (κ3) is 3.40. The van der Waals surface area contributed by atoms with Gasteiger partial charge in [-0.05, 0) is 17.7 Å². The van der Waals surface area contributed by atoms with Crippen LogP contribution in [0.4, 0.5) is 35.1 Å². The fourth-order valence-corrected chi connectivity index (χ4v) is 3.20. The number of hydrogen-bond donors (Lipinski definition) is 4. The van der Waals surface area contributed by atoms with Crippen LogP contribution in [0.1, 0.15) is 23.6 Å². The SMILES string of the molecule is Fc1cc(CNc2ncc(F)c(Nc3cc([C@@H]4CC4(F)F)[nH]n3)n2)c2cn[nH]c2c1. The topological polar surface area (TPSA) is 107 Å². The minimum absolute atomic E-state index is 0.0873. The van der Waals surface area contributed by atoms with Gasteiger partial charge in [0.2, 0.25) is 5.95 Å². The normalized spacial score (nSPS) is 17.3. The van der Waals surface area contributed by atoms with E-state index in [0.29, 0.717) is 11.1 Å². The Labute approximate surface area is 166 Å². The number of anilines is 3. The predicted octanol–water partition coefficient (Wildman–Crippen LogP) is 3.83. The first-order chi connectivity index (χ1) is 14.4. The first kappa shape index (κ1) is 18.3. The van der Waals surface area contributed by atoms with Crippen molar-refractivity contribution in [2.24, 2.45) is 0 Å². The van der Waals surface area contributed by atoms with Crippen LogP contribution in [0.25, 0.3) is 10.9 Å². The van der Waals surface area contributed by atoms with Gasteiger partial charge in [-0.2, -0.15) is 15.2 Å². The molecule has 0 saturated heterocycles. The number of hydrogen-bond acceptors (Lipinski definition) is 6. The monoisotopic (exact) mass is 418 g/mol. The van der Waals surface area contributed by atoms with Crippen LogP contribution >= 0.6 is 0 Å². The number of aromatic nitrogens is 6. The van der Waals surface area contributed by atoms with Crippen LogP contribution in [-0.2, 0) is 6.54 Å². The molecule has 1 atom stereocenters. The highest BCUT2D eigenvalue weighted by molar-refractivity contribution is 5.81. The van der Waals surface area contributed by atoms with Gasteiger partial charge in [-0.1, -0.05) is 0 Å². The van der Waals surface area contributed by atoms with Gasteiger partial charge in [0, 0.05) is 30.1 Å². The zero-order valence-corrected chi connectivity index (χ0v) is 15.2. The second-order valence-corrected chi connectivity index (χ2v) is 6.99. The number of H-pyrrole nitrogens is 2. The zero-order chi connectivity index (χ0) is 20.9. The lowest BCUT2D eigenvalue weighted by Crippen LogP contribution is -2.07. The van der Waals surface area contributed by atoms with Gasteiger partial charge in [0.15, 0.2) is 17.5 Å². The maximum Gasteiger partial charge on any atom is 0.257 e. The van der Waals surface area contributed by atoms with Crippen molar-refractivity contribution >= 4 is 28.5 Å². The highest BCUT2D eigenvalue weighted by atomic mass is 19.3. The number of alkyl halides is 2. The molecule has 0 radical (unpaired) electrons. The molecule has 1 aliphatic rings. The van der Waals surface area contributed by atoms with E-state index in [4.69, 9.17) is 0 Å². The van der Waals surface area contributed by atoms with Crippen molar-refractivity contribution in [1.29, 1.82) is 0 Å². The Balaban J connectivity index is 1.32. The largest absolute Gasteiger partial charge is 0.350 e. The number of halogens is 4. The number of aromatic amines is 2. The lowest BCUT2D eigenvalue weighted by atomic mass is 10.1. The molecular weight excluding hydrogens is 404 g/mol. The molecular formula is C18H14F4N8. The molecule has 30 heavy (non-hydrogen) atoms. The molecule has 1 fully saturated rings. The van der Waals surface area contributed by atoms with Gasteiger partial charge in [-0.25, -0.2) is 22.5 Å². The molecule has 12 heteroatoms. The van der Waals surface area contributed by atoms with E-state index in [-0.39, 0.29) is 36.2 Å². The average Bonchev–Trinajstić information content (AvgIpc) is 3.08. The molecule has 4 N–H and O–H groups in total. The van der Waals surface area contributed by atoms with E-state index >= 15 is 0 Å². The number of nitrogens with one attached hydrogen (secondary N) is 4. The van der Waals surface area contributed by atoms with E-state index in [0.717, 1.165) is 11.6 Å². The summed E-state index contributed by atoms with van der Waals surface area (Å²) in [6.07, 6.45) is 2.29. The summed E-state index contributed by atoms with van der Waals surface area (Å²) < 4.78 is 54.2. The molecule has 1 aliphatic carbocycles. The minimum Gasteiger partial charge on any atom is -0.350 e. The predicted molar refractivity (Wildman–Crippen MR) is 99.5 cm³/mol. The maximum absolute atomic E-state index is 14.1. The van der Waals surface area contributed by atoms with Crippen molar-refractivity contribution in [2.45, 2.75) is 24.8 Å². The maximum atomic E-state index is 14.1. The van der Waals surface area contributed by atoms with E-state index in [1.807, 2.05) is 0 Å². The van der Waals surface area contributed by atoms with Crippen LogP contribution in [0.15, 0.2) is 30.6 Å². The summed E-state index contributed by atoms with van der Waals surface area (Å²) in [7, 11) is 0. The highest BCUT2D eigenvalue weighted by Gasteiger charge is 2.58. The van der Waals surface area contributed by atoms with Crippen LogP contribution in [0.5, 0.6) is 0 Å². The van der Waals surface area contributed by atoms with Gasteiger partial charge in [-0.15, -0.1) is 0 Å². The third-order valence-electron chi connectivity index (χ3n) is 4.84. The van der Waals surface area contributed by atoms with Gasteiger partial charge in [0.1, 0.15) is 5.82 Å². The Bertz CT molecular complexity index is 1230. The number of fused-ring (bicyclic) bond motifs is 1. The Morgan fingerprint density at radius 3 is 2.77 bits per heavy atom. The second-order valence-electron chi connectivity index (χ2n) is 6.99. The van der Waals surface area contributed by atoms with Gasteiger partial charge in [0.05, 0.1) is 23.8 Å². The first-order valence-electron chi connectivity index (χ1n) is 8.97. The summed E-state index contributed by atoms with van der Waals surface area (Å²) in [6, 6.07) is 4.08. The summed E-state index contributed by atoms with van der Waals surface area (Å²) in [5, 5.41) is 19.3. The summed E-state index contributed by atoms with van der Waals surface area (Å²) >= 11 is 0. The first-order valence-corrected chi connectivity index (χ1v) is 8.97. The Morgan fingerprint density at radius 1 is 1.13 bits per heavy atom. The zero-order valence-electron chi connectivity index (χ0n) is 15.2. The van der Waals surface area contributed by atoms with Crippen molar-refractivity contribution < 1.29 is 17.6 Å². The molecule has 0 aliphatic heterocycles. The lowest BCUT2D eigenvalue weighted by molar-refractivity contribution is 0.111. The van der Waals surface area contributed by atoms with Crippen molar-refractivity contribution in [1.82, 2.24) is 30.4 Å². The molecule has 0 unspecified atom stereocenters. The highest BCUT2D eigenvalue weighted by Crippen LogP contribution is 2.55. The van der Waals surface area contributed by atoms with E-state index < -0.39 is 23.5 Å². The quantitative estimate of drug-likeness (QED) is 0.355. The third-order valence-corrected chi connectivity index (χ3v) is 4.84. The van der Waals surface area contributed by atoms with Crippen LogP contribution in [0, 0.1) is 11.6 Å². The molecule has 4 aromatic rings. The fraction of sp³-hybridized carbons (Fsp3) is 0.222. The fourth-order valence-electron chi connectivity index (χ4n) is 3.20. The van der Waals surface area contributed by atoms with Gasteiger partial charge in [0.25, 0.3) is 5.92 Å². The molecule has 154 valence electrons. The second kappa shape index (κ2) is 6.68. The van der Waals surface area contributed by atoms with Crippen molar-refractivity contribution in [3.63, 3.8) is 0 Å². The molecule has 3 heterocycles. The standard InChI is InChI=1S/C18H14F4N8/c19-9-1-8(10-6-25-28-13(10)2-9)5-23-17-24-7-12(20)16(27-17)26-15-3-14(29-30-15)11-4-18(11,21)22/h1-3,6-7,11H,4-5H2,(H,25,28)(H3,23,24,26,27,29,30)/t11-/m0/s1. The summed E-state index contributed by atoms with van der Waals surface area (Å²) in [5.41, 5.74) is 1.43. The van der Waals surface area contributed by atoms with Crippen molar-refractivity contribution in [2.75, 3.05) is 10.6 Å².